The number of benzene rings is 8. The summed E-state index contributed by atoms with van der Waals surface area (Å²) in [6, 6.07) is 75.1. The van der Waals surface area contributed by atoms with Crippen LogP contribution in [-0.4, -0.2) is 0 Å². The molecule has 10 rings (SSSR count). The zero-order chi connectivity index (χ0) is 33.8. The number of rotatable bonds is 6. The van der Waals surface area contributed by atoms with Crippen molar-refractivity contribution < 1.29 is 0 Å². The first-order valence-electron chi connectivity index (χ1n) is 17.6. The van der Waals surface area contributed by atoms with Crippen LogP contribution in [0.25, 0.3) is 22.3 Å². The topological polar surface area (TPSA) is 6.48 Å². The summed E-state index contributed by atoms with van der Waals surface area (Å²) in [4.78, 5) is 4.75. The lowest BCUT2D eigenvalue weighted by Crippen LogP contribution is -2.26. The fraction of sp³-hybridized carbons (Fsp3) is 0.0204. The fourth-order valence-electron chi connectivity index (χ4n) is 8.60. The lowest BCUT2D eigenvalue weighted by Gasteiger charge is -2.33. The van der Waals surface area contributed by atoms with Crippen LogP contribution in [0.4, 0.5) is 34.1 Å². The molecule has 240 valence electrons. The first-order chi connectivity index (χ1) is 25.3. The van der Waals surface area contributed by atoms with Gasteiger partial charge in [0.25, 0.3) is 0 Å². The number of hydrogen-bond acceptors (Lipinski definition) is 2. The van der Waals surface area contributed by atoms with Crippen molar-refractivity contribution in [2.75, 3.05) is 9.80 Å². The molecule has 0 saturated heterocycles. The number of fused-ring (bicyclic) bond motifs is 10. The summed E-state index contributed by atoms with van der Waals surface area (Å²) in [5.41, 5.74) is 16.7. The minimum atomic E-state index is -0.498. The molecule has 0 atom stereocenters. The summed E-state index contributed by atoms with van der Waals surface area (Å²) in [5.74, 6) is 0. The molecule has 0 amide bonds. The van der Waals surface area contributed by atoms with E-state index < -0.39 is 5.41 Å². The van der Waals surface area contributed by atoms with Gasteiger partial charge in [-0.15, -0.1) is 0 Å². The minimum absolute atomic E-state index is 0.498. The molecule has 0 bridgehead atoms. The molecule has 0 unspecified atom stereocenters. The summed E-state index contributed by atoms with van der Waals surface area (Å²) in [6.45, 7) is 0. The number of hydrogen-bond donors (Lipinski definition) is 0. The normalized spacial score (nSPS) is 12.9. The van der Waals surface area contributed by atoms with Crippen LogP contribution < -0.4 is 9.80 Å². The Bertz CT molecular complexity index is 2270. The van der Waals surface area contributed by atoms with E-state index in [-0.39, 0.29) is 0 Å². The Balaban J connectivity index is 1.26. The van der Waals surface area contributed by atoms with Crippen LogP contribution in [0.1, 0.15) is 22.3 Å². The smallest absolute Gasteiger partial charge is 0.0727 e. The summed E-state index contributed by atoms with van der Waals surface area (Å²) in [6.07, 6.45) is 0. The second kappa shape index (κ2) is 11.8. The largest absolute Gasteiger partial charge is 0.310 e. The molecule has 2 heteroatoms. The second-order valence-electron chi connectivity index (χ2n) is 13.3. The highest BCUT2D eigenvalue weighted by molar-refractivity contribution is 5.97. The van der Waals surface area contributed by atoms with E-state index in [1.54, 1.807) is 0 Å². The van der Waals surface area contributed by atoms with E-state index >= 15 is 0 Å². The zero-order valence-electron chi connectivity index (χ0n) is 28.0. The van der Waals surface area contributed by atoms with Crippen molar-refractivity contribution in [1.29, 1.82) is 0 Å². The summed E-state index contributed by atoms with van der Waals surface area (Å²) < 4.78 is 0. The Morgan fingerprint density at radius 3 is 0.882 bits per heavy atom. The zero-order valence-corrected chi connectivity index (χ0v) is 28.0. The standard InChI is InChI=1S/C49H34N2/c1-5-17-35(18-6-1)50(36-19-7-2-8-20-36)39-29-31-43-44-32-30-40(51(37-21-9-3-10-22-37)38-23-11-4-12-24-38)34-48(44)49(47(43)33-39)45-27-15-13-25-41(45)42-26-14-16-28-46(42)49/h1-34H. The van der Waals surface area contributed by atoms with Gasteiger partial charge in [-0.1, -0.05) is 133 Å². The van der Waals surface area contributed by atoms with Crippen molar-refractivity contribution in [3.05, 3.63) is 229 Å². The predicted octanol–water partition coefficient (Wildman–Crippen LogP) is 13.0. The van der Waals surface area contributed by atoms with E-state index in [4.69, 9.17) is 0 Å². The number of nitrogens with zero attached hydrogens (tertiary/aromatic N) is 2. The van der Waals surface area contributed by atoms with Crippen LogP contribution in [-0.2, 0) is 5.41 Å². The average Bonchev–Trinajstić information content (AvgIpc) is 3.67. The maximum Gasteiger partial charge on any atom is 0.0727 e. The van der Waals surface area contributed by atoms with E-state index in [1.165, 1.54) is 44.5 Å². The Hall–Kier alpha value is -6.64. The van der Waals surface area contributed by atoms with Gasteiger partial charge in [-0.3, -0.25) is 0 Å². The van der Waals surface area contributed by atoms with E-state index in [0.717, 1.165) is 34.1 Å². The van der Waals surface area contributed by atoms with E-state index in [0.29, 0.717) is 0 Å². The van der Waals surface area contributed by atoms with Gasteiger partial charge in [0.1, 0.15) is 0 Å². The molecule has 0 aliphatic heterocycles. The Labute approximate surface area is 299 Å². The first-order valence-corrected chi connectivity index (χ1v) is 17.6. The molecule has 2 aliphatic carbocycles. The van der Waals surface area contributed by atoms with Gasteiger partial charge in [0, 0.05) is 34.1 Å². The molecule has 0 aromatic heterocycles. The Kier molecular flexibility index (Phi) is 6.75. The van der Waals surface area contributed by atoms with Gasteiger partial charge in [0.2, 0.25) is 0 Å². The molecule has 0 N–H and O–H groups in total. The van der Waals surface area contributed by atoms with Crippen molar-refractivity contribution in [3.8, 4) is 22.3 Å². The highest BCUT2D eigenvalue weighted by Gasteiger charge is 2.52. The van der Waals surface area contributed by atoms with E-state index in [2.05, 4.69) is 216 Å². The van der Waals surface area contributed by atoms with Crippen LogP contribution in [0.15, 0.2) is 206 Å². The summed E-state index contributed by atoms with van der Waals surface area (Å²) in [7, 11) is 0. The van der Waals surface area contributed by atoms with E-state index in [1.807, 2.05) is 0 Å². The van der Waals surface area contributed by atoms with Gasteiger partial charge in [-0.05, 0) is 117 Å². The predicted molar refractivity (Wildman–Crippen MR) is 212 cm³/mol. The Morgan fingerprint density at radius 2 is 0.529 bits per heavy atom. The third-order valence-electron chi connectivity index (χ3n) is 10.6. The van der Waals surface area contributed by atoms with Crippen molar-refractivity contribution in [2.24, 2.45) is 0 Å². The van der Waals surface area contributed by atoms with Gasteiger partial charge in [0.05, 0.1) is 5.41 Å². The highest BCUT2D eigenvalue weighted by atomic mass is 15.1. The maximum absolute atomic E-state index is 2.46. The van der Waals surface area contributed by atoms with Gasteiger partial charge >= 0.3 is 0 Å². The molecule has 2 aliphatic rings. The number of anilines is 6. The molecule has 51 heavy (non-hydrogen) atoms. The van der Waals surface area contributed by atoms with Crippen molar-refractivity contribution >= 4 is 34.1 Å². The average molecular weight is 651 g/mol. The highest BCUT2D eigenvalue weighted by Crippen LogP contribution is 2.64. The maximum atomic E-state index is 2.46. The molecular formula is C49H34N2. The minimum Gasteiger partial charge on any atom is -0.310 e. The molecule has 0 fully saturated rings. The van der Waals surface area contributed by atoms with Crippen LogP contribution in [0.2, 0.25) is 0 Å². The molecule has 8 aromatic carbocycles. The molecule has 0 heterocycles. The molecule has 0 saturated carbocycles. The van der Waals surface area contributed by atoms with Crippen LogP contribution in [0.5, 0.6) is 0 Å². The molecule has 8 aromatic rings. The van der Waals surface area contributed by atoms with Crippen LogP contribution >= 0.6 is 0 Å². The first kappa shape index (κ1) is 29.3. The fourth-order valence-corrected chi connectivity index (χ4v) is 8.60. The summed E-state index contributed by atoms with van der Waals surface area (Å²) in [5, 5.41) is 0. The molecule has 1 spiro atoms. The third kappa shape index (κ3) is 4.43. The second-order valence-corrected chi connectivity index (χ2v) is 13.3. The van der Waals surface area contributed by atoms with Gasteiger partial charge in [-0.25, -0.2) is 0 Å². The van der Waals surface area contributed by atoms with Crippen LogP contribution in [0.3, 0.4) is 0 Å². The lowest BCUT2D eigenvalue weighted by molar-refractivity contribution is 0.793. The van der Waals surface area contributed by atoms with Crippen LogP contribution in [0, 0.1) is 0 Å². The van der Waals surface area contributed by atoms with E-state index in [9.17, 15) is 0 Å². The molecule has 0 radical (unpaired) electrons. The third-order valence-corrected chi connectivity index (χ3v) is 10.6. The molecule has 2 nitrogen and oxygen atoms in total. The van der Waals surface area contributed by atoms with Gasteiger partial charge < -0.3 is 9.80 Å². The van der Waals surface area contributed by atoms with Crippen molar-refractivity contribution in [3.63, 3.8) is 0 Å². The quantitative estimate of drug-likeness (QED) is 0.177. The summed E-state index contributed by atoms with van der Waals surface area (Å²) >= 11 is 0. The Morgan fingerprint density at radius 1 is 0.235 bits per heavy atom. The molecular weight excluding hydrogens is 617 g/mol. The lowest BCUT2D eigenvalue weighted by atomic mass is 9.70. The number of para-hydroxylation sites is 4. The van der Waals surface area contributed by atoms with Crippen molar-refractivity contribution in [2.45, 2.75) is 5.41 Å². The SMILES string of the molecule is c1ccc(N(c2ccccc2)c2ccc3c(c2)C2(c4ccccc4-c4ccccc42)c2cc(N(c4ccccc4)c4ccccc4)ccc2-3)cc1. The van der Waals surface area contributed by atoms with Crippen molar-refractivity contribution in [1.82, 2.24) is 0 Å². The monoisotopic (exact) mass is 650 g/mol. The van der Waals surface area contributed by atoms with Gasteiger partial charge in [0.15, 0.2) is 0 Å². The van der Waals surface area contributed by atoms with Gasteiger partial charge in [-0.2, -0.15) is 0 Å².